The SMILES string of the molecule is CCCCCCCCCCCCC/C=C/C(O)C(CO)NC(=O)CCCCCCCCCCCCCOC(=O)CCCCCCCCCCCCCCCCCCCCC. The zero-order valence-electron chi connectivity index (χ0n) is 40.5. The van der Waals surface area contributed by atoms with Gasteiger partial charge in [-0.1, -0.05) is 264 Å². The third kappa shape index (κ3) is 46.1. The highest BCUT2D eigenvalue weighted by molar-refractivity contribution is 5.76. The lowest BCUT2D eigenvalue weighted by atomic mass is 10.0. The summed E-state index contributed by atoms with van der Waals surface area (Å²) < 4.78 is 5.48. The van der Waals surface area contributed by atoms with Gasteiger partial charge in [-0.3, -0.25) is 9.59 Å². The highest BCUT2D eigenvalue weighted by Gasteiger charge is 2.18. The van der Waals surface area contributed by atoms with Crippen LogP contribution in [0.1, 0.15) is 296 Å². The van der Waals surface area contributed by atoms with E-state index in [4.69, 9.17) is 4.74 Å². The topological polar surface area (TPSA) is 95.9 Å². The zero-order chi connectivity index (χ0) is 43.7. The van der Waals surface area contributed by atoms with E-state index in [1.165, 1.54) is 212 Å². The fraction of sp³-hybridized carbons (Fsp3) is 0.926. The monoisotopic (exact) mass is 848 g/mol. The van der Waals surface area contributed by atoms with Gasteiger partial charge in [-0.2, -0.15) is 0 Å². The van der Waals surface area contributed by atoms with E-state index < -0.39 is 12.1 Å². The van der Waals surface area contributed by atoms with Gasteiger partial charge >= 0.3 is 5.97 Å². The average molecular weight is 848 g/mol. The van der Waals surface area contributed by atoms with E-state index >= 15 is 0 Å². The van der Waals surface area contributed by atoms with Crippen LogP contribution in [-0.2, 0) is 14.3 Å². The minimum absolute atomic E-state index is 0.0106. The van der Waals surface area contributed by atoms with Crippen LogP contribution < -0.4 is 5.32 Å². The van der Waals surface area contributed by atoms with Gasteiger partial charge < -0.3 is 20.3 Å². The molecule has 2 atom stereocenters. The number of nitrogens with one attached hydrogen (secondary N) is 1. The molecule has 6 heteroatoms. The van der Waals surface area contributed by atoms with Gasteiger partial charge in [0.15, 0.2) is 0 Å². The highest BCUT2D eigenvalue weighted by Crippen LogP contribution is 2.17. The van der Waals surface area contributed by atoms with E-state index in [2.05, 4.69) is 19.2 Å². The summed E-state index contributed by atoms with van der Waals surface area (Å²) in [7, 11) is 0. The normalized spacial score (nSPS) is 12.7. The van der Waals surface area contributed by atoms with Crippen LogP contribution in [0.4, 0.5) is 0 Å². The number of allylic oxidation sites excluding steroid dienone is 1. The molecule has 0 radical (unpaired) electrons. The number of aliphatic hydroxyl groups is 2. The molecule has 0 bridgehead atoms. The Bertz CT molecular complexity index is 893. The van der Waals surface area contributed by atoms with Gasteiger partial charge in [0.05, 0.1) is 25.4 Å². The van der Waals surface area contributed by atoms with Gasteiger partial charge in [0.2, 0.25) is 5.91 Å². The van der Waals surface area contributed by atoms with Crippen molar-refractivity contribution in [3.63, 3.8) is 0 Å². The lowest BCUT2D eigenvalue weighted by Crippen LogP contribution is -2.45. The Morgan fingerprint density at radius 2 is 0.767 bits per heavy atom. The second kappa shape index (κ2) is 50.2. The highest BCUT2D eigenvalue weighted by atomic mass is 16.5. The number of hydrogen-bond acceptors (Lipinski definition) is 5. The van der Waals surface area contributed by atoms with E-state index in [1.54, 1.807) is 6.08 Å². The Labute approximate surface area is 374 Å². The molecule has 0 aromatic heterocycles. The van der Waals surface area contributed by atoms with E-state index in [-0.39, 0.29) is 18.5 Å². The number of unbranched alkanes of at least 4 members (excludes halogenated alkanes) is 39. The number of hydrogen-bond donors (Lipinski definition) is 3. The molecule has 0 rings (SSSR count). The van der Waals surface area contributed by atoms with Gasteiger partial charge in [0.25, 0.3) is 0 Å². The number of ether oxygens (including phenoxy) is 1. The molecule has 6 nitrogen and oxygen atoms in total. The van der Waals surface area contributed by atoms with Crippen molar-refractivity contribution in [1.82, 2.24) is 5.32 Å². The van der Waals surface area contributed by atoms with Crippen molar-refractivity contribution in [2.45, 2.75) is 309 Å². The van der Waals surface area contributed by atoms with Gasteiger partial charge in [-0.05, 0) is 32.1 Å². The lowest BCUT2D eigenvalue weighted by molar-refractivity contribution is -0.143. The summed E-state index contributed by atoms with van der Waals surface area (Å²) in [6, 6.07) is -0.640. The van der Waals surface area contributed by atoms with Gasteiger partial charge in [-0.15, -0.1) is 0 Å². The average Bonchev–Trinajstić information content (AvgIpc) is 3.25. The molecule has 0 aliphatic rings. The van der Waals surface area contributed by atoms with E-state index in [0.29, 0.717) is 19.4 Å². The maximum Gasteiger partial charge on any atom is 0.305 e. The standard InChI is InChI=1S/C54H105NO5/c1-3-5-7-9-11-13-15-17-18-19-20-21-22-24-28-32-36-40-44-48-54(59)60-49-45-41-37-33-29-25-27-31-35-39-43-47-53(58)55-51(50-56)52(57)46-42-38-34-30-26-23-16-14-12-10-8-6-4-2/h42,46,51-52,56-57H,3-41,43-45,47-50H2,1-2H3,(H,55,58)/b46-42+. The summed E-state index contributed by atoms with van der Waals surface area (Å²) in [6.07, 6.45) is 57.9. The first-order chi connectivity index (χ1) is 29.5. The van der Waals surface area contributed by atoms with Crippen LogP contribution in [0.25, 0.3) is 0 Å². The molecule has 3 N–H and O–H groups in total. The van der Waals surface area contributed by atoms with Crippen LogP contribution in [0, 0.1) is 0 Å². The lowest BCUT2D eigenvalue weighted by Gasteiger charge is -2.20. The largest absolute Gasteiger partial charge is 0.466 e. The zero-order valence-corrected chi connectivity index (χ0v) is 40.5. The molecule has 0 saturated carbocycles. The predicted molar refractivity (Wildman–Crippen MR) is 260 cm³/mol. The molecule has 2 unspecified atom stereocenters. The van der Waals surface area contributed by atoms with Crippen LogP contribution in [-0.4, -0.2) is 47.4 Å². The molecule has 0 spiro atoms. The summed E-state index contributed by atoms with van der Waals surface area (Å²) in [5.41, 5.74) is 0. The Hall–Kier alpha value is -1.40. The van der Waals surface area contributed by atoms with Crippen molar-refractivity contribution in [2.24, 2.45) is 0 Å². The summed E-state index contributed by atoms with van der Waals surface area (Å²) in [4.78, 5) is 24.5. The quantitative estimate of drug-likeness (QED) is 0.0322. The Balaban J connectivity index is 3.45. The van der Waals surface area contributed by atoms with Crippen LogP contribution in [0.15, 0.2) is 12.2 Å². The molecular formula is C54H105NO5. The second-order valence-corrected chi connectivity index (χ2v) is 18.6. The molecule has 1 amide bonds. The number of amides is 1. The van der Waals surface area contributed by atoms with Crippen LogP contribution >= 0.6 is 0 Å². The van der Waals surface area contributed by atoms with E-state index in [1.807, 2.05) is 6.08 Å². The summed E-state index contributed by atoms with van der Waals surface area (Å²) in [6.45, 7) is 4.87. The molecular weight excluding hydrogens is 743 g/mol. The smallest absolute Gasteiger partial charge is 0.305 e. The molecule has 0 fully saturated rings. The molecule has 356 valence electrons. The number of carbonyl (C=O) groups is 2. The van der Waals surface area contributed by atoms with Crippen molar-refractivity contribution in [3.8, 4) is 0 Å². The summed E-state index contributed by atoms with van der Waals surface area (Å²) >= 11 is 0. The summed E-state index contributed by atoms with van der Waals surface area (Å²) in [5.74, 6) is -0.0962. The van der Waals surface area contributed by atoms with E-state index in [0.717, 1.165) is 57.8 Å². The molecule has 60 heavy (non-hydrogen) atoms. The second-order valence-electron chi connectivity index (χ2n) is 18.6. The minimum atomic E-state index is -0.854. The van der Waals surface area contributed by atoms with Gasteiger partial charge in [0.1, 0.15) is 0 Å². The fourth-order valence-corrected chi connectivity index (χ4v) is 8.40. The van der Waals surface area contributed by atoms with Crippen molar-refractivity contribution in [1.29, 1.82) is 0 Å². The summed E-state index contributed by atoms with van der Waals surface area (Å²) in [5, 5.41) is 23.0. The maximum absolute atomic E-state index is 12.4. The number of esters is 1. The van der Waals surface area contributed by atoms with Crippen molar-refractivity contribution in [3.05, 3.63) is 12.2 Å². The van der Waals surface area contributed by atoms with Gasteiger partial charge in [0, 0.05) is 12.8 Å². The first-order valence-corrected chi connectivity index (χ1v) is 27.0. The van der Waals surface area contributed by atoms with Crippen molar-refractivity contribution < 1.29 is 24.5 Å². The van der Waals surface area contributed by atoms with Crippen molar-refractivity contribution >= 4 is 11.9 Å². The molecule has 0 aromatic carbocycles. The van der Waals surface area contributed by atoms with E-state index in [9.17, 15) is 19.8 Å². The van der Waals surface area contributed by atoms with Gasteiger partial charge in [-0.25, -0.2) is 0 Å². The van der Waals surface area contributed by atoms with Crippen LogP contribution in [0.2, 0.25) is 0 Å². The third-order valence-electron chi connectivity index (χ3n) is 12.6. The molecule has 0 saturated heterocycles. The molecule has 0 heterocycles. The molecule has 0 aromatic rings. The first-order valence-electron chi connectivity index (χ1n) is 27.0. The fourth-order valence-electron chi connectivity index (χ4n) is 8.40. The molecule has 0 aliphatic heterocycles. The Morgan fingerprint density at radius 3 is 1.13 bits per heavy atom. The minimum Gasteiger partial charge on any atom is -0.466 e. The van der Waals surface area contributed by atoms with Crippen LogP contribution in [0.5, 0.6) is 0 Å². The van der Waals surface area contributed by atoms with Crippen molar-refractivity contribution in [2.75, 3.05) is 13.2 Å². The maximum atomic E-state index is 12.4. The Morgan fingerprint density at radius 1 is 0.450 bits per heavy atom. The third-order valence-corrected chi connectivity index (χ3v) is 12.6. The van der Waals surface area contributed by atoms with Crippen LogP contribution in [0.3, 0.4) is 0 Å². The predicted octanol–water partition coefficient (Wildman–Crippen LogP) is 16.1. The number of rotatable bonds is 50. The number of aliphatic hydroxyl groups excluding tert-OH is 2. The number of carbonyl (C=O) groups excluding carboxylic acids is 2. The Kier molecular flexibility index (Phi) is 49.1. The first kappa shape index (κ1) is 58.6. The molecule has 0 aliphatic carbocycles.